The lowest BCUT2D eigenvalue weighted by Crippen LogP contribution is -2.36. The summed E-state index contributed by atoms with van der Waals surface area (Å²) >= 11 is 0. The van der Waals surface area contributed by atoms with Crippen LogP contribution in [0, 0.1) is 5.92 Å². The van der Waals surface area contributed by atoms with Crippen molar-refractivity contribution >= 4 is 5.91 Å². The van der Waals surface area contributed by atoms with Gasteiger partial charge in [-0.15, -0.1) is 0 Å². The second-order valence-corrected chi connectivity index (χ2v) is 3.86. The average molecular weight is 240 g/mol. The number of carbonyl (C=O) groups excluding carboxylic acids is 1. The highest BCUT2D eigenvalue weighted by molar-refractivity contribution is 5.93. The van der Waals surface area contributed by atoms with E-state index in [4.69, 9.17) is 0 Å². The molecule has 1 heterocycles. The topological polar surface area (TPSA) is 107 Å². The van der Waals surface area contributed by atoms with Gasteiger partial charge in [-0.1, -0.05) is 6.92 Å². The summed E-state index contributed by atoms with van der Waals surface area (Å²) in [6.07, 6.45) is 1.11. The Balaban J connectivity index is 2.64. The van der Waals surface area contributed by atoms with Gasteiger partial charge < -0.3 is 15.6 Å². The van der Waals surface area contributed by atoms with Crippen LogP contribution < -0.4 is 21.9 Å². The average Bonchev–Trinajstić information content (AvgIpc) is 2.26. The number of amides is 1. The van der Waals surface area contributed by atoms with Crippen LogP contribution in [0.4, 0.5) is 0 Å². The molecule has 1 aromatic heterocycles. The maximum atomic E-state index is 11.6. The SMILES string of the molecule is CNCC(C)CNC(=O)c1c[nH]c(=O)[nH]c1=O. The summed E-state index contributed by atoms with van der Waals surface area (Å²) in [5.41, 5.74) is -1.41. The summed E-state index contributed by atoms with van der Waals surface area (Å²) in [6, 6.07) is 0. The predicted octanol–water partition coefficient (Wildman–Crippen LogP) is -1.35. The summed E-state index contributed by atoms with van der Waals surface area (Å²) in [6.45, 7) is 3.19. The molecule has 0 aliphatic carbocycles. The van der Waals surface area contributed by atoms with Gasteiger partial charge in [0.15, 0.2) is 0 Å². The van der Waals surface area contributed by atoms with E-state index in [1.165, 1.54) is 0 Å². The number of carbonyl (C=O) groups is 1. The zero-order valence-corrected chi connectivity index (χ0v) is 9.79. The first-order valence-corrected chi connectivity index (χ1v) is 5.29. The third-order valence-electron chi connectivity index (χ3n) is 2.23. The minimum absolute atomic E-state index is 0.0961. The molecule has 0 radical (unpaired) electrons. The second-order valence-electron chi connectivity index (χ2n) is 3.86. The summed E-state index contributed by atoms with van der Waals surface area (Å²) in [5.74, 6) is -0.240. The van der Waals surface area contributed by atoms with E-state index in [1.807, 2.05) is 19.0 Å². The fraction of sp³-hybridized carbons (Fsp3) is 0.500. The largest absolute Gasteiger partial charge is 0.351 e. The lowest BCUT2D eigenvalue weighted by Gasteiger charge is -2.11. The van der Waals surface area contributed by atoms with Crippen LogP contribution in [0.1, 0.15) is 17.3 Å². The molecule has 0 spiro atoms. The molecule has 1 unspecified atom stereocenters. The Hall–Kier alpha value is -1.89. The molecular formula is C10H16N4O3. The Labute approximate surface area is 97.6 Å². The highest BCUT2D eigenvalue weighted by Crippen LogP contribution is 1.91. The fourth-order valence-electron chi connectivity index (χ4n) is 1.36. The molecule has 0 aliphatic rings. The number of nitrogens with one attached hydrogen (secondary N) is 4. The van der Waals surface area contributed by atoms with Gasteiger partial charge in [0.1, 0.15) is 5.56 Å². The molecule has 1 aromatic rings. The summed E-state index contributed by atoms with van der Waals surface area (Å²) in [7, 11) is 1.82. The Morgan fingerprint density at radius 3 is 2.71 bits per heavy atom. The standard InChI is InChI=1S/C10H16N4O3/c1-6(3-11-2)4-12-8(15)7-5-13-10(17)14-9(7)16/h5-6,11H,3-4H2,1-2H3,(H,12,15)(H2,13,14,16,17). The molecule has 7 nitrogen and oxygen atoms in total. The van der Waals surface area contributed by atoms with Crippen molar-refractivity contribution in [2.24, 2.45) is 5.92 Å². The van der Waals surface area contributed by atoms with Crippen molar-refractivity contribution in [2.75, 3.05) is 20.1 Å². The Morgan fingerprint density at radius 2 is 2.12 bits per heavy atom. The number of aromatic amines is 2. The Morgan fingerprint density at radius 1 is 1.41 bits per heavy atom. The monoisotopic (exact) mass is 240 g/mol. The third kappa shape index (κ3) is 3.87. The highest BCUT2D eigenvalue weighted by atomic mass is 16.2. The van der Waals surface area contributed by atoms with Crippen molar-refractivity contribution in [2.45, 2.75) is 6.92 Å². The van der Waals surface area contributed by atoms with E-state index < -0.39 is 17.2 Å². The molecule has 0 saturated heterocycles. The minimum Gasteiger partial charge on any atom is -0.351 e. The van der Waals surface area contributed by atoms with Gasteiger partial charge in [-0.25, -0.2) is 4.79 Å². The van der Waals surface area contributed by atoms with Crippen LogP contribution >= 0.6 is 0 Å². The predicted molar refractivity (Wildman–Crippen MR) is 63.1 cm³/mol. The van der Waals surface area contributed by atoms with Gasteiger partial charge in [0.05, 0.1) is 0 Å². The fourth-order valence-corrected chi connectivity index (χ4v) is 1.36. The van der Waals surface area contributed by atoms with Crippen LogP contribution in [0.3, 0.4) is 0 Å². The molecule has 1 amide bonds. The molecule has 17 heavy (non-hydrogen) atoms. The molecule has 1 rings (SSSR count). The number of H-pyrrole nitrogens is 2. The molecule has 0 aromatic carbocycles. The number of hydrogen-bond acceptors (Lipinski definition) is 4. The van der Waals surface area contributed by atoms with Crippen molar-refractivity contribution in [3.05, 3.63) is 32.6 Å². The number of aromatic nitrogens is 2. The molecule has 7 heteroatoms. The minimum atomic E-state index is -0.687. The van der Waals surface area contributed by atoms with Gasteiger partial charge in [-0.2, -0.15) is 0 Å². The lowest BCUT2D eigenvalue weighted by atomic mass is 10.2. The van der Waals surface area contributed by atoms with Crippen LogP contribution in [-0.2, 0) is 0 Å². The van der Waals surface area contributed by atoms with Crippen molar-refractivity contribution in [3.63, 3.8) is 0 Å². The van der Waals surface area contributed by atoms with Crippen molar-refractivity contribution in [3.8, 4) is 0 Å². The zero-order chi connectivity index (χ0) is 12.8. The van der Waals surface area contributed by atoms with Gasteiger partial charge in [0, 0.05) is 12.7 Å². The second kappa shape index (κ2) is 6.00. The Kier molecular flexibility index (Phi) is 4.65. The smallest absolute Gasteiger partial charge is 0.325 e. The normalized spacial score (nSPS) is 12.1. The first kappa shape index (κ1) is 13.2. The van der Waals surface area contributed by atoms with Crippen molar-refractivity contribution < 1.29 is 4.79 Å². The molecule has 0 bridgehead atoms. The van der Waals surface area contributed by atoms with Gasteiger partial charge in [-0.05, 0) is 19.5 Å². The van der Waals surface area contributed by atoms with Gasteiger partial charge in [0.25, 0.3) is 11.5 Å². The molecule has 0 saturated carbocycles. The molecule has 0 fully saturated rings. The van der Waals surface area contributed by atoms with Crippen molar-refractivity contribution in [1.82, 2.24) is 20.6 Å². The van der Waals surface area contributed by atoms with E-state index in [9.17, 15) is 14.4 Å². The van der Waals surface area contributed by atoms with Crippen LogP contribution in [-0.4, -0.2) is 36.0 Å². The van der Waals surface area contributed by atoms with Gasteiger partial charge >= 0.3 is 5.69 Å². The Bertz CT molecular complexity index is 491. The molecule has 4 N–H and O–H groups in total. The maximum absolute atomic E-state index is 11.6. The summed E-state index contributed by atoms with van der Waals surface area (Å²) < 4.78 is 0. The third-order valence-corrected chi connectivity index (χ3v) is 2.23. The van der Waals surface area contributed by atoms with Crippen LogP contribution in [0.25, 0.3) is 0 Å². The summed E-state index contributed by atoms with van der Waals surface area (Å²) in [5, 5.41) is 5.61. The van der Waals surface area contributed by atoms with Gasteiger partial charge in [0.2, 0.25) is 0 Å². The van der Waals surface area contributed by atoms with E-state index in [0.717, 1.165) is 12.7 Å². The lowest BCUT2D eigenvalue weighted by molar-refractivity contribution is 0.0946. The van der Waals surface area contributed by atoms with E-state index in [0.29, 0.717) is 6.54 Å². The van der Waals surface area contributed by atoms with E-state index in [1.54, 1.807) is 0 Å². The van der Waals surface area contributed by atoms with E-state index in [2.05, 4.69) is 15.6 Å². The number of hydrogen-bond donors (Lipinski definition) is 4. The van der Waals surface area contributed by atoms with Crippen molar-refractivity contribution in [1.29, 1.82) is 0 Å². The van der Waals surface area contributed by atoms with E-state index >= 15 is 0 Å². The zero-order valence-electron chi connectivity index (χ0n) is 9.79. The van der Waals surface area contributed by atoms with Crippen LogP contribution in [0.15, 0.2) is 15.8 Å². The molecule has 0 aliphatic heterocycles. The van der Waals surface area contributed by atoms with E-state index in [-0.39, 0.29) is 11.5 Å². The molecule has 94 valence electrons. The molecular weight excluding hydrogens is 224 g/mol. The maximum Gasteiger partial charge on any atom is 0.325 e. The van der Waals surface area contributed by atoms with Crippen LogP contribution in [0.5, 0.6) is 0 Å². The number of rotatable bonds is 5. The summed E-state index contributed by atoms with van der Waals surface area (Å²) in [4.78, 5) is 37.9. The first-order chi connectivity index (χ1) is 8.04. The first-order valence-electron chi connectivity index (χ1n) is 5.29. The highest BCUT2D eigenvalue weighted by Gasteiger charge is 2.11. The van der Waals surface area contributed by atoms with Gasteiger partial charge in [-0.3, -0.25) is 14.6 Å². The molecule has 1 atom stereocenters. The van der Waals surface area contributed by atoms with Crippen LogP contribution in [0.2, 0.25) is 0 Å². The quantitative estimate of drug-likeness (QED) is 0.510.